The zero-order valence-electron chi connectivity index (χ0n) is 11.4. The number of hydrogen-bond donors (Lipinski definition) is 1. The van der Waals surface area contributed by atoms with E-state index in [4.69, 9.17) is 10.5 Å². The Morgan fingerprint density at radius 2 is 2.00 bits per heavy atom. The Bertz CT molecular complexity index is 571. The number of benzene rings is 1. The van der Waals surface area contributed by atoms with Gasteiger partial charge in [0.05, 0.1) is 7.11 Å². The van der Waals surface area contributed by atoms with Crippen molar-refractivity contribution in [3.8, 4) is 5.88 Å². The van der Waals surface area contributed by atoms with Crippen molar-refractivity contribution in [2.45, 2.75) is 13.5 Å². The minimum absolute atomic E-state index is 0.404. The second-order valence-electron chi connectivity index (χ2n) is 4.40. The Morgan fingerprint density at radius 3 is 2.68 bits per heavy atom. The highest BCUT2D eigenvalue weighted by atomic mass is 16.5. The molecule has 5 nitrogen and oxygen atoms in total. The molecule has 2 N–H and O–H groups in total. The number of rotatable bonds is 4. The van der Waals surface area contributed by atoms with E-state index >= 15 is 0 Å². The molecule has 0 radical (unpaired) electrons. The number of nitrogens with zero attached hydrogens (tertiary/aromatic N) is 3. The van der Waals surface area contributed by atoms with Crippen LogP contribution in [0.4, 0.5) is 11.5 Å². The molecule has 0 aliphatic rings. The van der Waals surface area contributed by atoms with Gasteiger partial charge in [0.1, 0.15) is 12.0 Å². The number of methoxy groups -OCH3 is 1. The summed E-state index contributed by atoms with van der Waals surface area (Å²) in [7, 11) is 3.49. The van der Waals surface area contributed by atoms with Gasteiger partial charge in [0.2, 0.25) is 5.88 Å². The maximum absolute atomic E-state index is 5.99. The number of aromatic nitrogens is 2. The fourth-order valence-electron chi connectivity index (χ4n) is 1.96. The summed E-state index contributed by atoms with van der Waals surface area (Å²) >= 11 is 0. The van der Waals surface area contributed by atoms with Crippen molar-refractivity contribution >= 4 is 11.5 Å². The summed E-state index contributed by atoms with van der Waals surface area (Å²) in [5.74, 6) is 1.08. The van der Waals surface area contributed by atoms with Gasteiger partial charge in [-0.15, -0.1) is 0 Å². The molecular formula is C14H18N4O. The average Bonchev–Trinajstić information content (AvgIpc) is 2.41. The summed E-state index contributed by atoms with van der Waals surface area (Å²) in [6, 6.07) is 8.24. The number of nitrogen functional groups attached to an aromatic ring is 1. The molecule has 0 aliphatic heterocycles. The highest BCUT2D eigenvalue weighted by Gasteiger charge is 2.13. The van der Waals surface area contributed by atoms with Crippen molar-refractivity contribution in [2.24, 2.45) is 0 Å². The van der Waals surface area contributed by atoms with Crippen LogP contribution in [-0.2, 0) is 6.54 Å². The first-order chi connectivity index (χ1) is 9.13. The molecule has 100 valence electrons. The SMILES string of the molecule is COc1ncnc(N(C)Cc2ccccc2C)c1N. The molecule has 1 aromatic carbocycles. The predicted molar refractivity (Wildman–Crippen MR) is 76.3 cm³/mol. The van der Waals surface area contributed by atoms with Gasteiger partial charge in [0.25, 0.3) is 0 Å². The van der Waals surface area contributed by atoms with Crippen LogP contribution in [0.5, 0.6) is 5.88 Å². The van der Waals surface area contributed by atoms with Crippen molar-refractivity contribution in [2.75, 3.05) is 24.8 Å². The molecule has 2 rings (SSSR count). The Labute approximate surface area is 113 Å². The zero-order valence-corrected chi connectivity index (χ0v) is 11.4. The lowest BCUT2D eigenvalue weighted by Crippen LogP contribution is -2.20. The van der Waals surface area contributed by atoms with E-state index in [1.807, 2.05) is 24.1 Å². The topological polar surface area (TPSA) is 64.3 Å². The molecule has 5 heteroatoms. The van der Waals surface area contributed by atoms with Crippen LogP contribution >= 0.6 is 0 Å². The first kappa shape index (κ1) is 13.1. The summed E-state index contributed by atoms with van der Waals surface area (Å²) in [4.78, 5) is 10.2. The second-order valence-corrected chi connectivity index (χ2v) is 4.40. The van der Waals surface area contributed by atoms with E-state index in [2.05, 4.69) is 29.0 Å². The van der Waals surface area contributed by atoms with Crippen molar-refractivity contribution in [1.82, 2.24) is 9.97 Å². The van der Waals surface area contributed by atoms with Crippen LogP contribution in [0.15, 0.2) is 30.6 Å². The largest absolute Gasteiger partial charge is 0.479 e. The lowest BCUT2D eigenvalue weighted by atomic mass is 10.1. The molecule has 0 aliphatic carbocycles. The van der Waals surface area contributed by atoms with E-state index < -0.39 is 0 Å². The molecule has 19 heavy (non-hydrogen) atoms. The number of ether oxygens (including phenoxy) is 1. The third kappa shape index (κ3) is 2.76. The fourth-order valence-corrected chi connectivity index (χ4v) is 1.96. The van der Waals surface area contributed by atoms with Crippen molar-refractivity contribution < 1.29 is 4.74 Å². The average molecular weight is 258 g/mol. The smallest absolute Gasteiger partial charge is 0.242 e. The highest BCUT2D eigenvalue weighted by molar-refractivity contribution is 5.67. The van der Waals surface area contributed by atoms with Crippen LogP contribution in [0.3, 0.4) is 0 Å². The molecule has 0 saturated carbocycles. The van der Waals surface area contributed by atoms with Crippen molar-refractivity contribution in [3.05, 3.63) is 41.7 Å². The number of anilines is 2. The van der Waals surface area contributed by atoms with Gasteiger partial charge < -0.3 is 15.4 Å². The van der Waals surface area contributed by atoms with Gasteiger partial charge >= 0.3 is 0 Å². The van der Waals surface area contributed by atoms with Crippen molar-refractivity contribution in [3.63, 3.8) is 0 Å². The molecule has 0 fully saturated rings. The van der Waals surface area contributed by atoms with Crippen LogP contribution in [0.2, 0.25) is 0 Å². The molecule has 1 aromatic heterocycles. The third-order valence-corrected chi connectivity index (χ3v) is 3.05. The van der Waals surface area contributed by atoms with E-state index in [9.17, 15) is 0 Å². The van der Waals surface area contributed by atoms with Gasteiger partial charge in [0, 0.05) is 13.6 Å². The molecule has 0 amide bonds. The normalized spacial score (nSPS) is 10.3. The van der Waals surface area contributed by atoms with E-state index in [1.54, 1.807) is 7.11 Å². The van der Waals surface area contributed by atoms with Gasteiger partial charge in [-0.05, 0) is 18.1 Å². The van der Waals surface area contributed by atoms with E-state index in [-0.39, 0.29) is 0 Å². The van der Waals surface area contributed by atoms with Crippen LogP contribution in [0.1, 0.15) is 11.1 Å². The van der Waals surface area contributed by atoms with Crippen LogP contribution in [0.25, 0.3) is 0 Å². The molecule has 0 spiro atoms. The van der Waals surface area contributed by atoms with Crippen LogP contribution in [0, 0.1) is 6.92 Å². The Balaban J connectivity index is 2.26. The van der Waals surface area contributed by atoms with Gasteiger partial charge in [-0.2, -0.15) is 4.98 Å². The minimum atomic E-state index is 0.404. The number of nitrogens with two attached hydrogens (primary N) is 1. The second kappa shape index (κ2) is 5.56. The van der Waals surface area contributed by atoms with Gasteiger partial charge in [-0.1, -0.05) is 24.3 Å². The lowest BCUT2D eigenvalue weighted by Gasteiger charge is -2.21. The first-order valence-electron chi connectivity index (χ1n) is 6.03. The summed E-state index contributed by atoms with van der Waals surface area (Å²) in [5, 5.41) is 0. The van der Waals surface area contributed by atoms with Gasteiger partial charge in [-0.3, -0.25) is 0 Å². The molecule has 0 unspecified atom stereocenters. The summed E-state index contributed by atoms with van der Waals surface area (Å²) in [6.07, 6.45) is 1.46. The zero-order chi connectivity index (χ0) is 13.8. The molecule has 0 saturated heterocycles. The Hall–Kier alpha value is -2.30. The maximum atomic E-state index is 5.99. The predicted octanol–water partition coefficient (Wildman–Crippen LogP) is 2.01. The lowest BCUT2D eigenvalue weighted by molar-refractivity contribution is 0.399. The maximum Gasteiger partial charge on any atom is 0.242 e. The van der Waals surface area contributed by atoms with Crippen molar-refractivity contribution in [1.29, 1.82) is 0 Å². The monoisotopic (exact) mass is 258 g/mol. The first-order valence-corrected chi connectivity index (χ1v) is 6.03. The quantitative estimate of drug-likeness (QED) is 0.908. The van der Waals surface area contributed by atoms with Crippen LogP contribution in [-0.4, -0.2) is 24.1 Å². The summed E-state index contributed by atoms with van der Waals surface area (Å²) < 4.78 is 5.11. The number of aryl methyl sites for hydroxylation is 1. The molecule has 1 heterocycles. The highest BCUT2D eigenvalue weighted by Crippen LogP contribution is 2.27. The minimum Gasteiger partial charge on any atom is -0.479 e. The van der Waals surface area contributed by atoms with E-state index in [1.165, 1.54) is 17.5 Å². The Kier molecular flexibility index (Phi) is 3.85. The fraction of sp³-hybridized carbons (Fsp3) is 0.286. The van der Waals surface area contributed by atoms with E-state index in [0.29, 0.717) is 17.4 Å². The standard InChI is InChI=1S/C14H18N4O/c1-10-6-4-5-7-11(10)8-18(2)13-12(15)14(19-3)17-9-16-13/h4-7,9H,8,15H2,1-3H3. The van der Waals surface area contributed by atoms with Gasteiger partial charge in [0.15, 0.2) is 5.82 Å². The molecular weight excluding hydrogens is 240 g/mol. The summed E-state index contributed by atoms with van der Waals surface area (Å²) in [5.41, 5.74) is 8.94. The molecule has 0 atom stereocenters. The number of hydrogen-bond acceptors (Lipinski definition) is 5. The molecule has 0 bridgehead atoms. The summed E-state index contributed by atoms with van der Waals surface area (Å²) in [6.45, 7) is 2.82. The van der Waals surface area contributed by atoms with Gasteiger partial charge in [-0.25, -0.2) is 4.98 Å². The van der Waals surface area contributed by atoms with E-state index in [0.717, 1.165) is 6.54 Å². The van der Waals surface area contributed by atoms with Crippen LogP contribution < -0.4 is 15.4 Å². The molecule has 2 aromatic rings. The third-order valence-electron chi connectivity index (χ3n) is 3.05. The Morgan fingerprint density at radius 1 is 1.26 bits per heavy atom.